The number of nitrogens with one attached hydrogen (secondary N) is 1. The quantitative estimate of drug-likeness (QED) is 0.779. The molecule has 0 aliphatic rings. The van der Waals surface area contributed by atoms with Gasteiger partial charge in [-0.2, -0.15) is 0 Å². The van der Waals surface area contributed by atoms with Crippen molar-refractivity contribution in [1.29, 1.82) is 0 Å². The fourth-order valence-electron chi connectivity index (χ4n) is 1.74. The van der Waals surface area contributed by atoms with Gasteiger partial charge in [0.1, 0.15) is 0 Å². The molecule has 2 nitrogen and oxygen atoms in total. The van der Waals surface area contributed by atoms with Crippen LogP contribution in [-0.2, 0) is 0 Å². The number of carbonyl (C=O) groups is 1. The number of hydrogen-bond donors (Lipinski definition) is 1. The standard InChI is InChI=1S/C15H13NO/c1-3-11-5-6-13-10-14(15(17)16-4-2)8-7-12(13)9-11/h1,5-10H,4H2,2H3,(H,16,17). The highest BCUT2D eigenvalue weighted by Crippen LogP contribution is 2.17. The van der Waals surface area contributed by atoms with Crippen LogP contribution in [-0.4, -0.2) is 12.5 Å². The first-order valence-electron chi connectivity index (χ1n) is 5.53. The highest BCUT2D eigenvalue weighted by molar-refractivity contribution is 5.98. The molecule has 0 bridgehead atoms. The highest BCUT2D eigenvalue weighted by atomic mass is 16.1. The number of amides is 1. The van der Waals surface area contributed by atoms with E-state index in [0.717, 1.165) is 16.3 Å². The maximum Gasteiger partial charge on any atom is 0.251 e. The maximum atomic E-state index is 11.7. The van der Waals surface area contributed by atoms with Gasteiger partial charge in [-0.25, -0.2) is 0 Å². The van der Waals surface area contributed by atoms with Crippen molar-refractivity contribution in [3.63, 3.8) is 0 Å². The molecule has 0 heterocycles. The van der Waals surface area contributed by atoms with Crippen molar-refractivity contribution in [2.45, 2.75) is 6.92 Å². The van der Waals surface area contributed by atoms with Crippen molar-refractivity contribution < 1.29 is 4.79 Å². The second-order valence-corrected chi connectivity index (χ2v) is 3.78. The highest BCUT2D eigenvalue weighted by Gasteiger charge is 2.04. The average Bonchev–Trinajstić information content (AvgIpc) is 2.37. The van der Waals surface area contributed by atoms with Gasteiger partial charge in [0.25, 0.3) is 5.91 Å². The summed E-state index contributed by atoms with van der Waals surface area (Å²) in [5, 5.41) is 4.85. The monoisotopic (exact) mass is 223 g/mol. The van der Waals surface area contributed by atoms with Crippen molar-refractivity contribution in [2.75, 3.05) is 6.54 Å². The summed E-state index contributed by atoms with van der Waals surface area (Å²) in [5.41, 5.74) is 1.52. The van der Waals surface area contributed by atoms with Crippen LogP contribution < -0.4 is 5.32 Å². The second kappa shape index (κ2) is 4.71. The van der Waals surface area contributed by atoms with E-state index in [4.69, 9.17) is 6.42 Å². The number of carbonyl (C=O) groups excluding carboxylic acids is 1. The molecule has 0 fully saturated rings. The molecular formula is C15H13NO. The number of hydrogen-bond acceptors (Lipinski definition) is 1. The Labute approximate surface area is 101 Å². The van der Waals surface area contributed by atoms with Crippen LogP contribution in [0.3, 0.4) is 0 Å². The molecule has 0 saturated heterocycles. The van der Waals surface area contributed by atoms with E-state index in [1.807, 2.05) is 43.3 Å². The Morgan fingerprint density at radius 1 is 1.24 bits per heavy atom. The number of fused-ring (bicyclic) bond motifs is 1. The Morgan fingerprint density at radius 2 is 1.94 bits per heavy atom. The minimum absolute atomic E-state index is 0.0459. The van der Waals surface area contributed by atoms with Crippen LogP contribution in [0.25, 0.3) is 10.8 Å². The Kier molecular flexibility index (Phi) is 3.11. The molecule has 17 heavy (non-hydrogen) atoms. The summed E-state index contributed by atoms with van der Waals surface area (Å²) in [6.45, 7) is 2.53. The molecule has 2 heteroatoms. The summed E-state index contributed by atoms with van der Waals surface area (Å²) >= 11 is 0. The van der Waals surface area contributed by atoms with Gasteiger partial charge in [0.2, 0.25) is 0 Å². The molecule has 2 rings (SSSR count). The number of benzene rings is 2. The lowest BCUT2D eigenvalue weighted by Crippen LogP contribution is -2.22. The van der Waals surface area contributed by atoms with Gasteiger partial charge < -0.3 is 5.32 Å². The van der Waals surface area contributed by atoms with E-state index >= 15 is 0 Å². The zero-order valence-electron chi connectivity index (χ0n) is 9.66. The number of rotatable bonds is 2. The van der Waals surface area contributed by atoms with Gasteiger partial charge in [0, 0.05) is 17.7 Å². The maximum absolute atomic E-state index is 11.7. The Hall–Kier alpha value is -2.27. The molecule has 84 valence electrons. The van der Waals surface area contributed by atoms with Gasteiger partial charge in [-0.3, -0.25) is 4.79 Å². The first-order valence-corrected chi connectivity index (χ1v) is 5.53. The fraction of sp³-hybridized carbons (Fsp3) is 0.133. The largest absolute Gasteiger partial charge is 0.352 e. The lowest BCUT2D eigenvalue weighted by molar-refractivity contribution is 0.0956. The minimum atomic E-state index is -0.0459. The van der Waals surface area contributed by atoms with Crippen LogP contribution in [0, 0.1) is 12.3 Å². The van der Waals surface area contributed by atoms with E-state index in [0.29, 0.717) is 12.1 Å². The molecule has 0 aliphatic carbocycles. The van der Waals surface area contributed by atoms with Crippen molar-refractivity contribution in [3.05, 3.63) is 47.5 Å². The van der Waals surface area contributed by atoms with Gasteiger partial charge >= 0.3 is 0 Å². The van der Waals surface area contributed by atoms with Crippen LogP contribution in [0.1, 0.15) is 22.8 Å². The van der Waals surface area contributed by atoms with Crippen LogP contribution in [0.4, 0.5) is 0 Å². The third kappa shape index (κ3) is 2.29. The predicted molar refractivity (Wildman–Crippen MR) is 69.9 cm³/mol. The van der Waals surface area contributed by atoms with E-state index in [-0.39, 0.29) is 5.91 Å². The molecule has 0 saturated carbocycles. The summed E-state index contributed by atoms with van der Waals surface area (Å²) < 4.78 is 0. The van der Waals surface area contributed by atoms with Crippen LogP contribution in [0.2, 0.25) is 0 Å². The molecule has 0 aromatic heterocycles. The number of terminal acetylenes is 1. The summed E-state index contributed by atoms with van der Waals surface area (Å²) in [5.74, 6) is 2.55. The zero-order valence-corrected chi connectivity index (χ0v) is 9.66. The molecule has 1 amide bonds. The SMILES string of the molecule is C#Cc1ccc2cc(C(=O)NCC)ccc2c1. The topological polar surface area (TPSA) is 29.1 Å². The second-order valence-electron chi connectivity index (χ2n) is 3.78. The van der Waals surface area contributed by atoms with E-state index in [9.17, 15) is 4.79 Å². The van der Waals surface area contributed by atoms with E-state index in [1.54, 1.807) is 0 Å². The van der Waals surface area contributed by atoms with Gasteiger partial charge in [0.15, 0.2) is 0 Å². The van der Waals surface area contributed by atoms with E-state index in [2.05, 4.69) is 11.2 Å². The minimum Gasteiger partial charge on any atom is -0.352 e. The first-order chi connectivity index (χ1) is 8.24. The van der Waals surface area contributed by atoms with Crippen molar-refractivity contribution in [2.24, 2.45) is 0 Å². The predicted octanol–water partition coefficient (Wildman–Crippen LogP) is 2.57. The fourth-order valence-corrected chi connectivity index (χ4v) is 1.74. The van der Waals surface area contributed by atoms with E-state index < -0.39 is 0 Å². The molecule has 0 unspecified atom stereocenters. The molecule has 0 aliphatic heterocycles. The van der Waals surface area contributed by atoms with Crippen molar-refractivity contribution >= 4 is 16.7 Å². The molecule has 2 aromatic rings. The Balaban J connectivity index is 2.45. The van der Waals surface area contributed by atoms with Crippen molar-refractivity contribution in [3.8, 4) is 12.3 Å². The Morgan fingerprint density at radius 3 is 2.65 bits per heavy atom. The van der Waals surface area contributed by atoms with Gasteiger partial charge in [-0.1, -0.05) is 18.1 Å². The molecule has 1 N–H and O–H groups in total. The van der Waals surface area contributed by atoms with Crippen LogP contribution in [0.5, 0.6) is 0 Å². The van der Waals surface area contributed by atoms with Gasteiger partial charge in [-0.05, 0) is 42.0 Å². The van der Waals surface area contributed by atoms with Gasteiger partial charge in [-0.15, -0.1) is 6.42 Å². The van der Waals surface area contributed by atoms with E-state index in [1.165, 1.54) is 0 Å². The Bertz CT molecular complexity index is 608. The molecular weight excluding hydrogens is 210 g/mol. The third-order valence-electron chi connectivity index (χ3n) is 2.61. The lowest BCUT2D eigenvalue weighted by Gasteiger charge is -2.04. The zero-order chi connectivity index (χ0) is 12.3. The van der Waals surface area contributed by atoms with Gasteiger partial charge in [0.05, 0.1) is 0 Å². The average molecular weight is 223 g/mol. The van der Waals surface area contributed by atoms with Crippen LogP contribution in [0.15, 0.2) is 36.4 Å². The van der Waals surface area contributed by atoms with Crippen molar-refractivity contribution in [1.82, 2.24) is 5.32 Å². The van der Waals surface area contributed by atoms with Crippen LogP contribution >= 0.6 is 0 Å². The summed E-state index contributed by atoms with van der Waals surface area (Å²) in [6, 6.07) is 11.4. The smallest absolute Gasteiger partial charge is 0.251 e. The first kappa shape index (κ1) is 11.2. The normalized spacial score (nSPS) is 9.88. The molecule has 0 radical (unpaired) electrons. The lowest BCUT2D eigenvalue weighted by atomic mass is 10.0. The third-order valence-corrected chi connectivity index (χ3v) is 2.61. The molecule has 0 spiro atoms. The summed E-state index contributed by atoms with van der Waals surface area (Å²) in [7, 11) is 0. The summed E-state index contributed by atoms with van der Waals surface area (Å²) in [4.78, 5) is 11.7. The molecule has 0 atom stereocenters. The summed E-state index contributed by atoms with van der Waals surface area (Å²) in [6.07, 6.45) is 5.34. The molecule has 2 aromatic carbocycles.